The Morgan fingerprint density at radius 3 is 2.50 bits per heavy atom. The van der Waals surface area contributed by atoms with Crippen LogP contribution < -0.4 is 5.32 Å². The first kappa shape index (κ1) is 15.6. The Morgan fingerprint density at radius 1 is 1.30 bits per heavy atom. The van der Waals surface area contributed by atoms with E-state index in [1.54, 1.807) is 0 Å². The molecule has 8 heteroatoms. The average Bonchev–Trinajstić information content (AvgIpc) is 3.09. The number of carboxylic acids is 1. The zero-order valence-corrected chi connectivity index (χ0v) is 12.7. The van der Waals surface area contributed by atoms with Crippen LogP contribution in [0.2, 0.25) is 0 Å². The molecule has 0 aromatic rings. The standard InChI is InChI=1S/C12H19NO5S2/c14-11(6-19-9-3-4-20(17,18)7-9)13-10(12(15)16)5-8-1-2-8/h8-10H,1-7H2,(H,13,14)(H,15,16). The van der Waals surface area contributed by atoms with Gasteiger partial charge in [0.15, 0.2) is 9.84 Å². The Labute approximate surface area is 122 Å². The fraction of sp³-hybridized carbons (Fsp3) is 0.833. The van der Waals surface area contributed by atoms with E-state index in [-0.39, 0.29) is 28.4 Å². The van der Waals surface area contributed by atoms with Crippen molar-refractivity contribution in [2.24, 2.45) is 5.92 Å². The molecular formula is C12H19NO5S2. The van der Waals surface area contributed by atoms with E-state index in [9.17, 15) is 18.0 Å². The summed E-state index contributed by atoms with van der Waals surface area (Å²) in [6.45, 7) is 0. The van der Waals surface area contributed by atoms with Crippen molar-refractivity contribution in [1.29, 1.82) is 0 Å². The molecule has 2 unspecified atom stereocenters. The molecule has 114 valence electrons. The van der Waals surface area contributed by atoms with Crippen molar-refractivity contribution in [3.05, 3.63) is 0 Å². The summed E-state index contributed by atoms with van der Waals surface area (Å²) in [5.74, 6) is -0.481. The number of hydrogen-bond donors (Lipinski definition) is 2. The van der Waals surface area contributed by atoms with Gasteiger partial charge in [0, 0.05) is 5.25 Å². The van der Waals surface area contributed by atoms with Crippen LogP contribution in [0.3, 0.4) is 0 Å². The first-order valence-corrected chi connectivity index (χ1v) is 9.57. The first-order valence-electron chi connectivity index (χ1n) is 6.70. The number of hydrogen-bond acceptors (Lipinski definition) is 5. The molecule has 1 heterocycles. The summed E-state index contributed by atoms with van der Waals surface area (Å²) in [5.41, 5.74) is 0. The van der Waals surface area contributed by atoms with Crippen molar-refractivity contribution in [2.45, 2.75) is 37.0 Å². The zero-order chi connectivity index (χ0) is 14.8. The average molecular weight is 321 g/mol. The molecule has 0 radical (unpaired) electrons. The lowest BCUT2D eigenvalue weighted by atomic mass is 10.1. The summed E-state index contributed by atoms with van der Waals surface area (Å²) in [5, 5.41) is 11.5. The second-order valence-electron chi connectivity index (χ2n) is 5.47. The number of aliphatic carboxylic acids is 1. The third-order valence-corrected chi connectivity index (χ3v) is 6.82. The minimum absolute atomic E-state index is 0.0440. The summed E-state index contributed by atoms with van der Waals surface area (Å²) < 4.78 is 22.6. The molecule has 1 aliphatic carbocycles. The molecule has 1 aliphatic heterocycles. The van der Waals surface area contributed by atoms with Gasteiger partial charge in [-0.2, -0.15) is 0 Å². The van der Waals surface area contributed by atoms with Gasteiger partial charge in [-0.05, 0) is 18.8 Å². The number of amides is 1. The molecule has 2 aliphatic rings. The molecule has 0 aromatic carbocycles. The fourth-order valence-electron chi connectivity index (χ4n) is 2.23. The molecule has 0 spiro atoms. The summed E-state index contributed by atoms with van der Waals surface area (Å²) in [6.07, 6.45) is 3.14. The highest BCUT2D eigenvalue weighted by Crippen LogP contribution is 2.33. The maximum absolute atomic E-state index is 11.7. The highest BCUT2D eigenvalue weighted by Gasteiger charge is 2.31. The van der Waals surface area contributed by atoms with E-state index in [0.29, 0.717) is 18.8 Å². The lowest BCUT2D eigenvalue weighted by molar-refractivity contribution is -0.141. The Kier molecular flexibility index (Phi) is 4.95. The quantitative estimate of drug-likeness (QED) is 0.698. The van der Waals surface area contributed by atoms with Gasteiger partial charge in [-0.15, -0.1) is 11.8 Å². The molecule has 2 N–H and O–H groups in total. The molecule has 1 saturated carbocycles. The van der Waals surface area contributed by atoms with Crippen molar-refractivity contribution >= 4 is 33.5 Å². The fourth-order valence-corrected chi connectivity index (χ4v) is 5.68. The maximum Gasteiger partial charge on any atom is 0.326 e. The van der Waals surface area contributed by atoms with E-state index in [4.69, 9.17) is 5.11 Å². The molecule has 1 saturated heterocycles. The van der Waals surface area contributed by atoms with Crippen molar-refractivity contribution in [3.63, 3.8) is 0 Å². The second kappa shape index (κ2) is 6.34. The monoisotopic (exact) mass is 321 g/mol. The van der Waals surface area contributed by atoms with Crippen LogP contribution in [0.25, 0.3) is 0 Å². The van der Waals surface area contributed by atoms with Gasteiger partial charge in [0.1, 0.15) is 6.04 Å². The molecule has 20 heavy (non-hydrogen) atoms. The third-order valence-electron chi connectivity index (χ3n) is 3.54. The van der Waals surface area contributed by atoms with Crippen molar-refractivity contribution in [2.75, 3.05) is 17.3 Å². The zero-order valence-electron chi connectivity index (χ0n) is 11.1. The van der Waals surface area contributed by atoms with Crippen LogP contribution in [-0.4, -0.2) is 54.0 Å². The second-order valence-corrected chi connectivity index (χ2v) is 8.99. The van der Waals surface area contributed by atoms with Gasteiger partial charge in [-0.3, -0.25) is 4.79 Å². The van der Waals surface area contributed by atoms with E-state index in [1.807, 2.05) is 0 Å². The number of nitrogens with one attached hydrogen (secondary N) is 1. The molecule has 2 fully saturated rings. The SMILES string of the molecule is O=C(CSC1CCS(=O)(=O)C1)NC(CC1CC1)C(=O)O. The van der Waals surface area contributed by atoms with Crippen molar-refractivity contribution in [1.82, 2.24) is 5.32 Å². The Balaban J connectivity index is 1.72. The van der Waals surface area contributed by atoms with E-state index in [2.05, 4.69) is 5.32 Å². The number of carboxylic acid groups (broad SMARTS) is 1. The Bertz CT molecular complexity index is 486. The van der Waals surface area contributed by atoms with Gasteiger partial charge in [-0.1, -0.05) is 12.8 Å². The smallest absolute Gasteiger partial charge is 0.326 e. The maximum atomic E-state index is 11.7. The first-order chi connectivity index (χ1) is 9.35. The van der Waals surface area contributed by atoms with Gasteiger partial charge in [0.2, 0.25) is 5.91 Å². The summed E-state index contributed by atoms with van der Waals surface area (Å²) in [7, 11) is -2.93. The number of rotatable bonds is 7. The minimum Gasteiger partial charge on any atom is -0.480 e. The van der Waals surface area contributed by atoms with Crippen molar-refractivity contribution in [3.8, 4) is 0 Å². The van der Waals surface area contributed by atoms with Crippen LogP contribution in [-0.2, 0) is 19.4 Å². The molecule has 2 atom stereocenters. The van der Waals surface area contributed by atoms with Gasteiger partial charge >= 0.3 is 5.97 Å². The Morgan fingerprint density at radius 2 is 2.00 bits per heavy atom. The van der Waals surface area contributed by atoms with Crippen LogP contribution >= 0.6 is 11.8 Å². The van der Waals surface area contributed by atoms with Crippen LogP contribution in [0.5, 0.6) is 0 Å². The molecule has 2 rings (SSSR count). The van der Waals surface area contributed by atoms with E-state index in [0.717, 1.165) is 12.8 Å². The van der Waals surface area contributed by atoms with E-state index in [1.165, 1.54) is 11.8 Å². The van der Waals surface area contributed by atoms with Gasteiger partial charge in [-0.25, -0.2) is 13.2 Å². The number of carbonyl (C=O) groups is 2. The highest BCUT2D eigenvalue weighted by atomic mass is 32.2. The minimum atomic E-state index is -2.93. The predicted octanol–water partition coefficient (Wildman–Crippen LogP) is 0.276. The number of thioether (sulfide) groups is 1. The lowest BCUT2D eigenvalue weighted by Crippen LogP contribution is -2.42. The molecule has 0 bridgehead atoms. The van der Waals surface area contributed by atoms with Crippen molar-refractivity contribution < 1.29 is 23.1 Å². The molecular weight excluding hydrogens is 302 g/mol. The lowest BCUT2D eigenvalue weighted by Gasteiger charge is -2.14. The van der Waals surface area contributed by atoms with Crippen LogP contribution in [0.1, 0.15) is 25.7 Å². The number of sulfone groups is 1. The van der Waals surface area contributed by atoms with Crippen LogP contribution in [0.15, 0.2) is 0 Å². The molecule has 0 aromatic heterocycles. The van der Waals surface area contributed by atoms with E-state index >= 15 is 0 Å². The molecule has 1 amide bonds. The molecule has 6 nitrogen and oxygen atoms in total. The van der Waals surface area contributed by atoms with Crippen LogP contribution in [0.4, 0.5) is 0 Å². The topological polar surface area (TPSA) is 101 Å². The normalized spacial score (nSPS) is 26.1. The van der Waals surface area contributed by atoms with Gasteiger partial charge in [0.05, 0.1) is 17.3 Å². The predicted molar refractivity (Wildman–Crippen MR) is 76.4 cm³/mol. The van der Waals surface area contributed by atoms with Gasteiger partial charge < -0.3 is 10.4 Å². The highest BCUT2D eigenvalue weighted by molar-refractivity contribution is 8.02. The number of carbonyl (C=O) groups excluding carboxylic acids is 1. The largest absolute Gasteiger partial charge is 0.480 e. The summed E-state index contributed by atoms with van der Waals surface area (Å²) in [4.78, 5) is 22.8. The summed E-state index contributed by atoms with van der Waals surface area (Å²) in [6, 6.07) is -0.817. The summed E-state index contributed by atoms with van der Waals surface area (Å²) >= 11 is 1.30. The van der Waals surface area contributed by atoms with E-state index < -0.39 is 21.8 Å². The third kappa shape index (κ3) is 4.97. The van der Waals surface area contributed by atoms with Crippen LogP contribution in [0, 0.1) is 5.92 Å². The Hall–Kier alpha value is -0.760. The van der Waals surface area contributed by atoms with Gasteiger partial charge in [0.25, 0.3) is 0 Å².